The van der Waals surface area contributed by atoms with Gasteiger partial charge in [0.1, 0.15) is 18.1 Å². The Labute approximate surface area is 137 Å². The number of carbonyl (C=O) groups excluding carboxylic acids is 2. The molecular weight excluding hydrogens is 296 g/mol. The topological polar surface area (TPSA) is 76.7 Å². The van der Waals surface area contributed by atoms with Crippen LogP contribution in [0.3, 0.4) is 0 Å². The Hall–Kier alpha value is -2.24. The highest BCUT2D eigenvalue weighted by Gasteiger charge is 2.20. The summed E-state index contributed by atoms with van der Waals surface area (Å²) < 4.78 is 10.6. The second kappa shape index (κ2) is 9.02. The van der Waals surface area contributed by atoms with Gasteiger partial charge in [-0.2, -0.15) is 0 Å². The second-order valence-electron chi connectivity index (χ2n) is 6.13. The maximum absolute atomic E-state index is 11.6. The maximum atomic E-state index is 11.6. The molecular formula is C17H26N2O4. The normalized spacial score (nSPS) is 10.8. The average Bonchev–Trinajstić information content (AvgIpc) is 2.51. The lowest BCUT2D eigenvalue weighted by atomic mass is 9.96. The third-order valence-electron chi connectivity index (χ3n) is 3.07. The molecule has 1 rings (SSSR count). The highest BCUT2D eigenvalue weighted by Crippen LogP contribution is 2.16. The molecule has 0 aromatic heterocycles. The molecule has 0 atom stereocenters. The first-order valence-electron chi connectivity index (χ1n) is 7.65. The van der Waals surface area contributed by atoms with Crippen LogP contribution in [0.25, 0.3) is 0 Å². The fourth-order valence-electron chi connectivity index (χ4n) is 1.67. The van der Waals surface area contributed by atoms with Gasteiger partial charge in [-0.1, -0.05) is 20.8 Å². The van der Waals surface area contributed by atoms with Gasteiger partial charge < -0.3 is 20.1 Å². The van der Waals surface area contributed by atoms with Crippen LogP contribution in [0.4, 0.5) is 0 Å². The van der Waals surface area contributed by atoms with Crippen molar-refractivity contribution in [3.05, 3.63) is 24.3 Å². The van der Waals surface area contributed by atoms with E-state index >= 15 is 0 Å². The zero-order valence-corrected chi connectivity index (χ0v) is 14.3. The van der Waals surface area contributed by atoms with Crippen molar-refractivity contribution in [2.24, 2.45) is 5.41 Å². The van der Waals surface area contributed by atoms with E-state index in [0.29, 0.717) is 19.7 Å². The maximum Gasteiger partial charge on any atom is 0.225 e. The van der Waals surface area contributed by atoms with Gasteiger partial charge in [0.25, 0.3) is 0 Å². The number of nitrogens with one attached hydrogen (secondary N) is 2. The molecule has 2 N–H and O–H groups in total. The summed E-state index contributed by atoms with van der Waals surface area (Å²) in [4.78, 5) is 23.3. The van der Waals surface area contributed by atoms with E-state index in [2.05, 4.69) is 10.6 Å². The van der Waals surface area contributed by atoms with Crippen molar-refractivity contribution in [2.75, 3.05) is 26.8 Å². The van der Waals surface area contributed by atoms with E-state index in [1.165, 1.54) is 0 Å². The standard InChI is InChI=1S/C17H26N2O4/c1-17(2,3)16(21)19-10-9-15(20)18-11-12-23-14-7-5-13(22-4)6-8-14/h5-8H,9-12H2,1-4H3,(H,18,20)(H,19,21). The molecule has 0 fully saturated rings. The Bertz CT molecular complexity index is 506. The molecule has 23 heavy (non-hydrogen) atoms. The molecule has 1 aromatic carbocycles. The molecule has 0 saturated heterocycles. The number of methoxy groups -OCH3 is 1. The zero-order chi connectivity index (χ0) is 17.3. The molecule has 128 valence electrons. The molecule has 1 aromatic rings. The van der Waals surface area contributed by atoms with E-state index in [0.717, 1.165) is 11.5 Å². The monoisotopic (exact) mass is 322 g/mol. The Balaban J connectivity index is 2.13. The minimum absolute atomic E-state index is 0.0619. The van der Waals surface area contributed by atoms with Crippen LogP contribution in [0.15, 0.2) is 24.3 Å². The zero-order valence-electron chi connectivity index (χ0n) is 14.3. The summed E-state index contributed by atoms with van der Waals surface area (Å²) in [5, 5.41) is 5.49. The molecule has 0 radical (unpaired) electrons. The van der Waals surface area contributed by atoms with E-state index in [1.807, 2.05) is 45.0 Å². The van der Waals surface area contributed by atoms with Gasteiger partial charge in [-0.05, 0) is 24.3 Å². The van der Waals surface area contributed by atoms with E-state index in [-0.39, 0.29) is 18.2 Å². The van der Waals surface area contributed by atoms with Gasteiger partial charge in [-0.15, -0.1) is 0 Å². The first kappa shape index (κ1) is 18.8. The molecule has 6 heteroatoms. The summed E-state index contributed by atoms with van der Waals surface area (Å²) in [6.45, 7) is 6.63. The van der Waals surface area contributed by atoms with Crippen molar-refractivity contribution in [3.63, 3.8) is 0 Å². The fourth-order valence-corrected chi connectivity index (χ4v) is 1.67. The predicted octanol–water partition coefficient (Wildman–Crippen LogP) is 1.74. The van der Waals surface area contributed by atoms with Crippen molar-refractivity contribution in [1.29, 1.82) is 0 Å². The third kappa shape index (κ3) is 7.54. The minimum Gasteiger partial charge on any atom is -0.497 e. The first-order valence-corrected chi connectivity index (χ1v) is 7.65. The van der Waals surface area contributed by atoms with E-state index in [9.17, 15) is 9.59 Å². The summed E-state index contributed by atoms with van der Waals surface area (Å²) in [6, 6.07) is 7.24. The van der Waals surface area contributed by atoms with Gasteiger partial charge in [-0.3, -0.25) is 9.59 Å². The van der Waals surface area contributed by atoms with Crippen LogP contribution in [0.2, 0.25) is 0 Å². The molecule has 6 nitrogen and oxygen atoms in total. The van der Waals surface area contributed by atoms with E-state index in [1.54, 1.807) is 7.11 Å². The first-order chi connectivity index (χ1) is 10.8. The van der Waals surface area contributed by atoms with Crippen LogP contribution in [0, 0.1) is 5.41 Å². The highest BCUT2D eigenvalue weighted by atomic mass is 16.5. The number of amides is 2. The minimum atomic E-state index is -0.442. The third-order valence-corrected chi connectivity index (χ3v) is 3.07. The smallest absolute Gasteiger partial charge is 0.225 e. The Kier molecular flexibility index (Phi) is 7.38. The number of carbonyl (C=O) groups is 2. The van der Waals surface area contributed by atoms with Crippen LogP contribution < -0.4 is 20.1 Å². The molecule has 0 saturated carbocycles. The van der Waals surface area contributed by atoms with Gasteiger partial charge in [0, 0.05) is 18.4 Å². The second-order valence-corrected chi connectivity index (χ2v) is 6.13. The summed E-state index contributed by atoms with van der Waals surface area (Å²) in [7, 11) is 1.61. The molecule has 0 aliphatic rings. The van der Waals surface area contributed by atoms with Crippen molar-refractivity contribution >= 4 is 11.8 Å². The quantitative estimate of drug-likeness (QED) is 0.715. The van der Waals surface area contributed by atoms with Crippen molar-refractivity contribution in [1.82, 2.24) is 10.6 Å². The number of hydrogen-bond acceptors (Lipinski definition) is 4. The molecule has 0 bridgehead atoms. The Morgan fingerprint density at radius 3 is 2.17 bits per heavy atom. The van der Waals surface area contributed by atoms with Gasteiger partial charge in [0.05, 0.1) is 13.7 Å². The van der Waals surface area contributed by atoms with Crippen LogP contribution in [-0.2, 0) is 9.59 Å². The lowest BCUT2D eigenvalue weighted by Gasteiger charge is -2.17. The predicted molar refractivity (Wildman–Crippen MR) is 88.6 cm³/mol. The largest absolute Gasteiger partial charge is 0.497 e. The van der Waals surface area contributed by atoms with Gasteiger partial charge in [0.15, 0.2) is 0 Å². The Morgan fingerprint density at radius 1 is 1.00 bits per heavy atom. The van der Waals surface area contributed by atoms with Crippen LogP contribution in [0.5, 0.6) is 11.5 Å². The number of rotatable bonds is 8. The van der Waals surface area contributed by atoms with Gasteiger partial charge >= 0.3 is 0 Å². The van der Waals surface area contributed by atoms with Crippen molar-refractivity contribution in [3.8, 4) is 11.5 Å². The fraction of sp³-hybridized carbons (Fsp3) is 0.529. The highest BCUT2D eigenvalue weighted by molar-refractivity contribution is 5.82. The number of hydrogen-bond donors (Lipinski definition) is 2. The van der Waals surface area contributed by atoms with Gasteiger partial charge in [-0.25, -0.2) is 0 Å². The van der Waals surface area contributed by atoms with E-state index in [4.69, 9.17) is 9.47 Å². The lowest BCUT2D eigenvalue weighted by Crippen LogP contribution is -2.37. The average molecular weight is 322 g/mol. The summed E-state index contributed by atoms with van der Waals surface area (Å²) in [5.74, 6) is 1.31. The molecule has 0 aliphatic heterocycles. The van der Waals surface area contributed by atoms with Crippen molar-refractivity contribution in [2.45, 2.75) is 27.2 Å². The molecule has 0 heterocycles. The SMILES string of the molecule is COc1ccc(OCCNC(=O)CCNC(=O)C(C)(C)C)cc1. The van der Waals surface area contributed by atoms with Crippen LogP contribution >= 0.6 is 0 Å². The summed E-state index contributed by atoms with van der Waals surface area (Å²) >= 11 is 0. The molecule has 0 unspecified atom stereocenters. The summed E-state index contributed by atoms with van der Waals surface area (Å²) in [5.41, 5.74) is -0.442. The lowest BCUT2D eigenvalue weighted by molar-refractivity contribution is -0.128. The van der Waals surface area contributed by atoms with E-state index < -0.39 is 5.41 Å². The van der Waals surface area contributed by atoms with Gasteiger partial charge in [0.2, 0.25) is 11.8 Å². The van der Waals surface area contributed by atoms with Crippen molar-refractivity contribution < 1.29 is 19.1 Å². The molecule has 0 aliphatic carbocycles. The Morgan fingerprint density at radius 2 is 1.61 bits per heavy atom. The number of ether oxygens (including phenoxy) is 2. The molecule has 0 spiro atoms. The molecule has 2 amide bonds. The van der Waals surface area contributed by atoms with Crippen LogP contribution in [-0.4, -0.2) is 38.6 Å². The number of benzene rings is 1. The summed E-state index contributed by atoms with van der Waals surface area (Å²) in [6.07, 6.45) is 0.254. The van der Waals surface area contributed by atoms with Crippen LogP contribution in [0.1, 0.15) is 27.2 Å².